The van der Waals surface area contributed by atoms with Gasteiger partial charge < -0.3 is 9.57 Å². The highest BCUT2D eigenvalue weighted by Crippen LogP contribution is 2.35. The highest BCUT2D eigenvalue weighted by molar-refractivity contribution is 5.81. The summed E-state index contributed by atoms with van der Waals surface area (Å²) < 4.78 is 55.7. The summed E-state index contributed by atoms with van der Waals surface area (Å²) in [5, 5.41) is 1.03. The SMILES string of the molecule is COc1cccc(C=C2CCN(OC(=O)C(F)(F)F)CC2)c1-c1ccc(F)cc1. The van der Waals surface area contributed by atoms with Gasteiger partial charge in [0.2, 0.25) is 0 Å². The Labute approximate surface area is 165 Å². The second-order valence-corrected chi connectivity index (χ2v) is 6.54. The van der Waals surface area contributed by atoms with Crippen molar-refractivity contribution in [2.75, 3.05) is 20.2 Å². The van der Waals surface area contributed by atoms with Gasteiger partial charge in [-0.1, -0.05) is 35.9 Å². The third-order valence-corrected chi connectivity index (χ3v) is 4.58. The van der Waals surface area contributed by atoms with Gasteiger partial charge in [-0.15, -0.1) is 5.06 Å². The molecule has 0 N–H and O–H groups in total. The third-order valence-electron chi connectivity index (χ3n) is 4.58. The van der Waals surface area contributed by atoms with Crippen LogP contribution in [0.4, 0.5) is 17.6 Å². The first kappa shape index (κ1) is 20.9. The topological polar surface area (TPSA) is 38.8 Å². The first-order valence-electron chi connectivity index (χ1n) is 8.94. The van der Waals surface area contributed by atoms with Crippen LogP contribution in [0.5, 0.6) is 5.75 Å². The molecule has 0 aromatic heterocycles. The molecular weight excluding hydrogens is 390 g/mol. The Balaban J connectivity index is 1.79. The number of rotatable bonds is 4. The number of piperidine rings is 1. The monoisotopic (exact) mass is 409 g/mol. The molecular formula is C21H19F4NO3. The molecule has 1 aliphatic heterocycles. The first-order chi connectivity index (χ1) is 13.8. The second-order valence-electron chi connectivity index (χ2n) is 6.54. The van der Waals surface area contributed by atoms with Crippen molar-refractivity contribution >= 4 is 12.0 Å². The predicted octanol–water partition coefficient (Wildman–Crippen LogP) is 5.00. The van der Waals surface area contributed by atoms with E-state index < -0.39 is 12.1 Å². The normalized spacial score (nSPS) is 15.1. The molecule has 29 heavy (non-hydrogen) atoms. The van der Waals surface area contributed by atoms with Crippen molar-refractivity contribution in [1.82, 2.24) is 5.06 Å². The van der Waals surface area contributed by atoms with Crippen molar-refractivity contribution in [1.29, 1.82) is 0 Å². The van der Waals surface area contributed by atoms with Crippen LogP contribution in [0.3, 0.4) is 0 Å². The molecule has 0 spiro atoms. The summed E-state index contributed by atoms with van der Waals surface area (Å²) in [7, 11) is 1.55. The molecule has 0 unspecified atom stereocenters. The zero-order valence-electron chi connectivity index (χ0n) is 15.6. The van der Waals surface area contributed by atoms with E-state index in [9.17, 15) is 22.4 Å². The first-order valence-corrected chi connectivity index (χ1v) is 8.94. The van der Waals surface area contributed by atoms with E-state index >= 15 is 0 Å². The number of alkyl halides is 3. The molecule has 2 aromatic rings. The van der Waals surface area contributed by atoms with Gasteiger partial charge in [-0.05, 0) is 42.2 Å². The molecule has 1 fully saturated rings. The van der Waals surface area contributed by atoms with Gasteiger partial charge in [-0.3, -0.25) is 0 Å². The fraction of sp³-hybridized carbons (Fsp3) is 0.286. The summed E-state index contributed by atoms with van der Waals surface area (Å²) in [5.41, 5.74) is 3.44. The number of hydroxylamine groups is 2. The number of carbonyl (C=O) groups excluding carboxylic acids is 1. The highest BCUT2D eigenvalue weighted by Gasteiger charge is 2.42. The minimum Gasteiger partial charge on any atom is -0.496 e. The molecule has 0 bridgehead atoms. The highest BCUT2D eigenvalue weighted by atomic mass is 19.4. The lowest BCUT2D eigenvalue weighted by molar-refractivity contribution is -0.239. The lowest BCUT2D eigenvalue weighted by atomic mass is 9.94. The zero-order valence-corrected chi connectivity index (χ0v) is 15.6. The number of carbonyl (C=O) groups is 1. The van der Waals surface area contributed by atoms with E-state index in [0.717, 1.165) is 27.3 Å². The number of hydrogen-bond acceptors (Lipinski definition) is 4. The third kappa shape index (κ3) is 5.14. The van der Waals surface area contributed by atoms with Crippen LogP contribution in [-0.4, -0.2) is 37.4 Å². The van der Waals surface area contributed by atoms with E-state index in [1.807, 2.05) is 18.2 Å². The summed E-state index contributed by atoms with van der Waals surface area (Å²) in [6.07, 6.45) is -2.17. The summed E-state index contributed by atoms with van der Waals surface area (Å²) >= 11 is 0. The Kier molecular flexibility index (Phi) is 6.22. The Hall–Kier alpha value is -2.87. The fourth-order valence-corrected chi connectivity index (χ4v) is 3.16. The van der Waals surface area contributed by atoms with Crippen molar-refractivity contribution < 1.29 is 31.9 Å². The Morgan fingerprint density at radius 3 is 2.31 bits per heavy atom. The van der Waals surface area contributed by atoms with Crippen molar-refractivity contribution in [2.45, 2.75) is 19.0 Å². The average Bonchev–Trinajstić information content (AvgIpc) is 2.69. The summed E-state index contributed by atoms with van der Waals surface area (Å²) in [6.45, 7) is 0.340. The standard InChI is InChI=1S/C21H19F4NO3/c1-28-18-4-2-3-16(19(18)15-5-7-17(22)8-6-15)13-14-9-11-26(12-10-14)29-20(27)21(23,24)25/h2-8,13H,9-12H2,1H3. The Morgan fingerprint density at radius 1 is 1.07 bits per heavy atom. The van der Waals surface area contributed by atoms with Crippen LogP contribution in [0.15, 0.2) is 48.0 Å². The zero-order chi connectivity index (χ0) is 21.0. The van der Waals surface area contributed by atoms with Crippen LogP contribution in [0.25, 0.3) is 17.2 Å². The van der Waals surface area contributed by atoms with Gasteiger partial charge >= 0.3 is 12.1 Å². The maximum absolute atomic E-state index is 13.3. The number of halogens is 4. The molecule has 1 heterocycles. The molecule has 0 amide bonds. The fourth-order valence-electron chi connectivity index (χ4n) is 3.16. The van der Waals surface area contributed by atoms with Gasteiger partial charge in [0.15, 0.2) is 0 Å². The molecule has 2 aromatic carbocycles. The van der Waals surface area contributed by atoms with Crippen LogP contribution < -0.4 is 4.74 Å². The molecule has 1 aliphatic rings. The summed E-state index contributed by atoms with van der Waals surface area (Å²) in [6, 6.07) is 11.6. The van der Waals surface area contributed by atoms with Crippen LogP contribution in [0.1, 0.15) is 18.4 Å². The number of nitrogens with zero attached hydrogens (tertiary/aromatic N) is 1. The van der Waals surface area contributed by atoms with Crippen molar-refractivity contribution in [2.24, 2.45) is 0 Å². The molecule has 0 aliphatic carbocycles. The van der Waals surface area contributed by atoms with Crippen molar-refractivity contribution in [3.05, 3.63) is 59.4 Å². The average molecular weight is 409 g/mol. The molecule has 4 nitrogen and oxygen atoms in total. The van der Waals surface area contributed by atoms with Crippen LogP contribution in [0.2, 0.25) is 0 Å². The number of hydrogen-bond donors (Lipinski definition) is 0. The molecule has 0 saturated carbocycles. The van der Waals surface area contributed by atoms with Gasteiger partial charge in [0.05, 0.1) is 7.11 Å². The van der Waals surface area contributed by atoms with E-state index in [0.29, 0.717) is 18.6 Å². The number of methoxy groups -OCH3 is 1. The quantitative estimate of drug-likeness (QED) is 0.666. The smallest absolute Gasteiger partial charge is 0.492 e. The largest absolute Gasteiger partial charge is 0.496 e. The van der Waals surface area contributed by atoms with Crippen LogP contribution in [-0.2, 0) is 9.63 Å². The molecule has 8 heteroatoms. The van der Waals surface area contributed by atoms with Gasteiger partial charge in [0, 0.05) is 18.7 Å². The van der Waals surface area contributed by atoms with Crippen molar-refractivity contribution in [3.8, 4) is 16.9 Å². The van der Waals surface area contributed by atoms with E-state index in [1.54, 1.807) is 25.3 Å². The van der Waals surface area contributed by atoms with E-state index in [-0.39, 0.29) is 18.9 Å². The van der Waals surface area contributed by atoms with Gasteiger partial charge in [0.25, 0.3) is 0 Å². The van der Waals surface area contributed by atoms with E-state index in [2.05, 4.69) is 4.84 Å². The van der Waals surface area contributed by atoms with Gasteiger partial charge in [-0.2, -0.15) is 13.2 Å². The number of benzene rings is 2. The minimum atomic E-state index is -5.01. The van der Waals surface area contributed by atoms with E-state index in [1.165, 1.54) is 12.1 Å². The van der Waals surface area contributed by atoms with Crippen LogP contribution in [0, 0.1) is 5.82 Å². The van der Waals surface area contributed by atoms with Gasteiger partial charge in [-0.25, -0.2) is 9.18 Å². The lowest BCUT2D eigenvalue weighted by Gasteiger charge is -2.27. The summed E-state index contributed by atoms with van der Waals surface area (Å²) in [4.78, 5) is 15.3. The molecule has 1 saturated heterocycles. The maximum Gasteiger partial charge on any atom is 0.492 e. The van der Waals surface area contributed by atoms with Crippen molar-refractivity contribution in [3.63, 3.8) is 0 Å². The predicted molar refractivity (Wildman–Crippen MR) is 99.3 cm³/mol. The second kappa shape index (κ2) is 8.65. The summed E-state index contributed by atoms with van der Waals surface area (Å²) in [5.74, 6) is -1.93. The van der Waals surface area contributed by atoms with Gasteiger partial charge in [0.1, 0.15) is 11.6 Å². The van der Waals surface area contributed by atoms with E-state index in [4.69, 9.17) is 4.74 Å². The Morgan fingerprint density at radius 2 is 1.72 bits per heavy atom. The molecule has 3 rings (SSSR count). The Bertz CT molecular complexity index is 897. The lowest BCUT2D eigenvalue weighted by Crippen LogP contribution is -2.38. The molecule has 154 valence electrons. The molecule has 0 radical (unpaired) electrons. The number of ether oxygens (including phenoxy) is 1. The molecule has 0 atom stereocenters. The maximum atomic E-state index is 13.3. The van der Waals surface area contributed by atoms with Crippen LogP contribution >= 0.6 is 0 Å². The minimum absolute atomic E-state index is 0.170.